The summed E-state index contributed by atoms with van der Waals surface area (Å²) in [6.07, 6.45) is 0. The van der Waals surface area contributed by atoms with Crippen molar-refractivity contribution in [2.45, 2.75) is 0 Å². The molecule has 1 saturated heterocycles. The van der Waals surface area contributed by atoms with Crippen LogP contribution < -0.4 is 4.90 Å². The maximum Gasteiger partial charge on any atom is 0.262 e. The molecule has 32 heavy (non-hydrogen) atoms. The van der Waals surface area contributed by atoms with Gasteiger partial charge in [-0.25, -0.2) is 4.98 Å². The van der Waals surface area contributed by atoms with Crippen LogP contribution in [0.2, 0.25) is 0 Å². The van der Waals surface area contributed by atoms with E-state index in [0.29, 0.717) is 42.6 Å². The SMILES string of the molecule is O=C1c2ccccc2C(=O)N1CC(=O)N(CCN1CCOCC1)c1nc2ccccc2s1. The van der Waals surface area contributed by atoms with Gasteiger partial charge in [-0.1, -0.05) is 35.6 Å². The van der Waals surface area contributed by atoms with Gasteiger partial charge in [0, 0.05) is 26.2 Å². The number of nitrogens with zero attached hydrogens (tertiary/aromatic N) is 4. The number of benzene rings is 2. The van der Waals surface area contributed by atoms with Gasteiger partial charge in [0.05, 0.1) is 34.6 Å². The molecule has 0 bridgehead atoms. The minimum absolute atomic E-state index is 0.314. The highest BCUT2D eigenvalue weighted by Gasteiger charge is 2.37. The number of morpholine rings is 1. The molecule has 8 nitrogen and oxygen atoms in total. The fraction of sp³-hybridized carbons (Fsp3) is 0.304. The van der Waals surface area contributed by atoms with Gasteiger partial charge in [0.1, 0.15) is 6.54 Å². The summed E-state index contributed by atoms with van der Waals surface area (Å²) in [6, 6.07) is 14.4. The van der Waals surface area contributed by atoms with Gasteiger partial charge in [-0.2, -0.15) is 0 Å². The Morgan fingerprint density at radius 3 is 2.34 bits per heavy atom. The smallest absolute Gasteiger partial charge is 0.262 e. The second-order valence-electron chi connectivity index (χ2n) is 7.71. The summed E-state index contributed by atoms with van der Waals surface area (Å²) in [4.78, 5) is 48.4. The standard InChI is InChI=1S/C23H22N4O4S/c28-20(15-27-21(29)16-5-1-2-6-17(16)22(27)30)26(10-9-25-11-13-31-14-12-25)23-24-18-7-3-4-8-19(18)32-23/h1-8H,9-15H2. The van der Waals surface area contributed by atoms with E-state index < -0.39 is 11.8 Å². The van der Waals surface area contributed by atoms with Gasteiger partial charge in [-0.05, 0) is 24.3 Å². The predicted octanol–water partition coefficient (Wildman–Crippen LogP) is 2.26. The van der Waals surface area contributed by atoms with E-state index in [1.165, 1.54) is 11.3 Å². The first-order chi connectivity index (χ1) is 15.6. The molecule has 0 unspecified atom stereocenters. The van der Waals surface area contributed by atoms with E-state index >= 15 is 0 Å². The minimum atomic E-state index is -0.434. The van der Waals surface area contributed by atoms with E-state index in [2.05, 4.69) is 9.88 Å². The number of hydrogen-bond donors (Lipinski definition) is 0. The van der Waals surface area contributed by atoms with Crippen LogP contribution in [0.3, 0.4) is 0 Å². The van der Waals surface area contributed by atoms with Crippen LogP contribution in [0.5, 0.6) is 0 Å². The van der Waals surface area contributed by atoms with E-state index in [-0.39, 0.29) is 12.5 Å². The Kier molecular flexibility index (Phi) is 5.69. The molecule has 0 N–H and O–H groups in total. The summed E-state index contributed by atoms with van der Waals surface area (Å²) in [7, 11) is 0. The Labute approximate surface area is 189 Å². The molecule has 3 heterocycles. The van der Waals surface area contributed by atoms with Crippen molar-refractivity contribution in [1.29, 1.82) is 0 Å². The van der Waals surface area contributed by atoms with Crippen molar-refractivity contribution < 1.29 is 19.1 Å². The van der Waals surface area contributed by atoms with Crippen molar-refractivity contribution >= 4 is 44.4 Å². The van der Waals surface area contributed by atoms with Crippen LogP contribution in [0.15, 0.2) is 48.5 Å². The number of fused-ring (bicyclic) bond motifs is 2. The molecule has 1 aromatic heterocycles. The molecule has 5 rings (SSSR count). The van der Waals surface area contributed by atoms with Crippen LogP contribution in [0.1, 0.15) is 20.7 Å². The first kappa shape index (κ1) is 20.7. The van der Waals surface area contributed by atoms with Gasteiger partial charge in [0.15, 0.2) is 5.13 Å². The average Bonchev–Trinajstić information content (AvgIpc) is 3.35. The summed E-state index contributed by atoms with van der Waals surface area (Å²) >= 11 is 1.43. The van der Waals surface area contributed by atoms with Gasteiger partial charge >= 0.3 is 0 Å². The molecule has 164 valence electrons. The fourth-order valence-corrected chi connectivity index (χ4v) is 4.98. The number of carbonyl (C=O) groups is 3. The highest BCUT2D eigenvalue weighted by atomic mass is 32.1. The lowest BCUT2D eigenvalue weighted by atomic mass is 10.1. The number of para-hydroxylation sites is 1. The van der Waals surface area contributed by atoms with Crippen molar-refractivity contribution in [2.75, 3.05) is 50.8 Å². The molecular weight excluding hydrogens is 428 g/mol. The lowest BCUT2D eigenvalue weighted by molar-refractivity contribution is -0.119. The van der Waals surface area contributed by atoms with E-state index in [1.54, 1.807) is 29.2 Å². The number of hydrogen-bond acceptors (Lipinski definition) is 7. The topological polar surface area (TPSA) is 83.1 Å². The van der Waals surface area contributed by atoms with Gasteiger partial charge in [-0.15, -0.1) is 0 Å². The third kappa shape index (κ3) is 3.90. The molecule has 3 aromatic rings. The first-order valence-corrected chi connectivity index (χ1v) is 11.3. The minimum Gasteiger partial charge on any atom is -0.379 e. The van der Waals surface area contributed by atoms with Gasteiger partial charge < -0.3 is 4.74 Å². The molecule has 0 radical (unpaired) electrons. The van der Waals surface area contributed by atoms with Crippen molar-refractivity contribution in [3.8, 4) is 0 Å². The average molecular weight is 451 g/mol. The Balaban J connectivity index is 1.38. The molecule has 0 saturated carbocycles. The third-order valence-electron chi connectivity index (χ3n) is 5.73. The van der Waals surface area contributed by atoms with Crippen LogP contribution in [0.25, 0.3) is 10.2 Å². The number of rotatable bonds is 6. The number of ether oxygens (including phenoxy) is 1. The van der Waals surface area contributed by atoms with Crippen LogP contribution in [-0.4, -0.2) is 78.4 Å². The fourth-order valence-electron chi connectivity index (χ4n) is 3.97. The molecule has 2 aliphatic heterocycles. The molecule has 2 aliphatic rings. The summed E-state index contributed by atoms with van der Waals surface area (Å²) in [6.45, 7) is 3.72. The maximum absolute atomic E-state index is 13.4. The lowest BCUT2D eigenvalue weighted by Crippen LogP contribution is -2.47. The monoisotopic (exact) mass is 450 g/mol. The van der Waals surface area contributed by atoms with Crippen molar-refractivity contribution in [3.63, 3.8) is 0 Å². The predicted molar refractivity (Wildman–Crippen MR) is 121 cm³/mol. The largest absolute Gasteiger partial charge is 0.379 e. The Morgan fingerprint density at radius 1 is 1.00 bits per heavy atom. The van der Waals surface area contributed by atoms with E-state index in [9.17, 15) is 14.4 Å². The zero-order chi connectivity index (χ0) is 22.1. The maximum atomic E-state index is 13.4. The van der Waals surface area contributed by atoms with Crippen LogP contribution in [0.4, 0.5) is 5.13 Å². The molecule has 1 fully saturated rings. The third-order valence-corrected chi connectivity index (χ3v) is 6.79. The Bertz CT molecular complexity index is 1120. The Morgan fingerprint density at radius 2 is 1.66 bits per heavy atom. The molecule has 9 heteroatoms. The van der Waals surface area contributed by atoms with Crippen LogP contribution in [-0.2, 0) is 9.53 Å². The molecular formula is C23H22N4O4S. The van der Waals surface area contributed by atoms with E-state index in [1.807, 2.05) is 24.3 Å². The second kappa shape index (κ2) is 8.78. The number of amides is 3. The second-order valence-corrected chi connectivity index (χ2v) is 8.71. The lowest BCUT2D eigenvalue weighted by Gasteiger charge is -2.29. The van der Waals surface area contributed by atoms with E-state index in [0.717, 1.165) is 28.2 Å². The van der Waals surface area contributed by atoms with Gasteiger partial charge in [-0.3, -0.25) is 29.1 Å². The summed E-state index contributed by atoms with van der Waals surface area (Å²) in [5.41, 5.74) is 1.49. The van der Waals surface area contributed by atoms with Crippen molar-refractivity contribution in [3.05, 3.63) is 59.7 Å². The summed E-state index contributed by atoms with van der Waals surface area (Å²) in [5.74, 6) is -1.19. The number of thiazole rings is 1. The molecule has 0 aliphatic carbocycles. The number of imide groups is 1. The zero-order valence-electron chi connectivity index (χ0n) is 17.4. The zero-order valence-corrected chi connectivity index (χ0v) is 18.2. The molecule has 3 amide bonds. The highest BCUT2D eigenvalue weighted by molar-refractivity contribution is 7.22. The van der Waals surface area contributed by atoms with Crippen molar-refractivity contribution in [2.24, 2.45) is 0 Å². The number of aromatic nitrogens is 1. The number of anilines is 1. The molecule has 0 spiro atoms. The van der Waals surface area contributed by atoms with Gasteiger partial charge in [0.25, 0.3) is 11.8 Å². The van der Waals surface area contributed by atoms with Crippen molar-refractivity contribution in [1.82, 2.24) is 14.8 Å². The van der Waals surface area contributed by atoms with Crippen LogP contribution >= 0.6 is 11.3 Å². The van der Waals surface area contributed by atoms with Crippen LogP contribution in [0, 0.1) is 0 Å². The Hall–Kier alpha value is -3.14. The summed E-state index contributed by atoms with van der Waals surface area (Å²) in [5, 5.41) is 0.570. The molecule has 2 aromatic carbocycles. The normalized spacial score (nSPS) is 16.6. The van der Waals surface area contributed by atoms with Gasteiger partial charge in [0.2, 0.25) is 5.91 Å². The van der Waals surface area contributed by atoms with E-state index in [4.69, 9.17) is 4.74 Å². The first-order valence-electron chi connectivity index (χ1n) is 10.5. The summed E-state index contributed by atoms with van der Waals surface area (Å²) < 4.78 is 6.39. The quantitative estimate of drug-likeness (QED) is 0.536. The highest BCUT2D eigenvalue weighted by Crippen LogP contribution is 2.29. The number of carbonyl (C=O) groups excluding carboxylic acids is 3. The molecule has 0 atom stereocenters.